The first kappa shape index (κ1) is 19.9. The second-order valence-electron chi connectivity index (χ2n) is 4.98. The van der Waals surface area contributed by atoms with Crippen LogP contribution in [0.5, 0.6) is 0 Å². The van der Waals surface area contributed by atoms with E-state index < -0.39 is 0 Å². The van der Waals surface area contributed by atoms with Crippen molar-refractivity contribution in [1.29, 1.82) is 0 Å². The lowest BCUT2D eigenvalue weighted by Gasteiger charge is -2.19. The Kier molecular flexibility index (Phi) is 10.9. The van der Waals surface area contributed by atoms with E-state index in [4.69, 9.17) is 18.9 Å². The number of hydrogen-bond acceptors (Lipinski definition) is 6. The molecule has 0 amide bonds. The van der Waals surface area contributed by atoms with E-state index in [0.717, 1.165) is 0 Å². The van der Waals surface area contributed by atoms with Gasteiger partial charge in [0, 0.05) is 12.8 Å². The van der Waals surface area contributed by atoms with Crippen LogP contribution in [0.15, 0.2) is 0 Å². The van der Waals surface area contributed by atoms with Gasteiger partial charge in [-0.2, -0.15) is 0 Å². The fourth-order valence-electron chi connectivity index (χ4n) is 1.35. The summed E-state index contributed by atoms with van der Waals surface area (Å²) in [5.41, 5.74) is 0. The van der Waals surface area contributed by atoms with Crippen molar-refractivity contribution in [2.45, 2.75) is 65.8 Å². The topological polar surface area (TPSA) is 71.1 Å². The van der Waals surface area contributed by atoms with Crippen LogP contribution in [0, 0.1) is 0 Å². The van der Waals surface area contributed by atoms with Gasteiger partial charge in [-0.3, -0.25) is 9.59 Å². The smallest absolute Gasteiger partial charge is 0.305 e. The molecule has 0 spiro atoms. The largest absolute Gasteiger partial charge is 0.463 e. The fourth-order valence-corrected chi connectivity index (χ4v) is 1.35. The van der Waals surface area contributed by atoms with Crippen LogP contribution in [-0.4, -0.2) is 50.1 Å². The molecule has 6 heteroatoms. The normalized spacial score (nSPS) is 15.1. The van der Waals surface area contributed by atoms with Gasteiger partial charge in [0.15, 0.2) is 0 Å². The number of esters is 2. The summed E-state index contributed by atoms with van der Waals surface area (Å²) < 4.78 is 21.1. The molecule has 3 atom stereocenters. The molecule has 0 heterocycles. The van der Waals surface area contributed by atoms with Crippen LogP contribution < -0.4 is 0 Å². The highest BCUT2D eigenvalue weighted by molar-refractivity contribution is 5.69. The van der Waals surface area contributed by atoms with Crippen molar-refractivity contribution < 1.29 is 28.5 Å². The van der Waals surface area contributed by atoms with Crippen molar-refractivity contribution in [3.8, 4) is 0 Å². The number of carbonyl (C=O) groups is 2. The lowest BCUT2D eigenvalue weighted by Crippen LogP contribution is -2.27. The molecule has 0 rings (SSSR count). The molecule has 0 aliphatic rings. The third-order valence-corrected chi connectivity index (χ3v) is 2.62. The van der Waals surface area contributed by atoms with Gasteiger partial charge in [0.25, 0.3) is 0 Å². The van der Waals surface area contributed by atoms with Gasteiger partial charge in [-0.1, -0.05) is 13.8 Å². The first-order chi connectivity index (χ1) is 9.88. The highest BCUT2D eigenvalue weighted by Gasteiger charge is 2.12. The molecular weight excluding hydrogens is 276 g/mol. The highest BCUT2D eigenvalue weighted by Crippen LogP contribution is 2.02. The van der Waals surface area contributed by atoms with Crippen molar-refractivity contribution in [3.63, 3.8) is 0 Å². The van der Waals surface area contributed by atoms with Crippen LogP contribution in [0.25, 0.3) is 0 Å². The Morgan fingerprint density at radius 3 is 1.76 bits per heavy atom. The molecule has 0 radical (unpaired) electrons. The van der Waals surface area contributed by atoms with Crippen LogP contribution in [0.3, 0.4) is 0 Å². The zero-order chi connectivity index (χ0) is 16.3. The standard InChI is InChI=1S/C15H28O6/c1-6-14(16)20-9-12(4)18-8-11(3)19-10-13(5)21-15(17)7-2/h11-13H,6-10H2,1-5H3. The Morgan fingerprint density at radius 2 is 1.24 bits per heavy atom. The van der Waals surface area contributed by atoms with Crippen molar-refractivity contribution >= 4 is 11.9 Å². The number of hydrogen-bond donors (Lipinski definition) is 0. The van der Waals surface area contributed by atoms with Gasteiger partial charge in [0.2, 0.25) is 0 Å². The molecule has 0 aromatic carbocycles. The zero-order valence-electron chi connectivity index (χ0n) is 13.7. The third kappa shape index (κ3) is 11.2. The molecule has 0 N–H and O–H groups in total. The summed E-state index contributed by atoms with van der Waals surface area (Å²) in [5.74, 6) is -0.470. The molecule has 6 nitrogen and oxygen atoms in total. The third-order valence-electron chi connectivity index (χ3n) is 2.62. The predicted octanol–water partition coefficient (Wildman–Crippen LogP) is 2.09. The van der Waals surface area contributed by atoms with E-state index >= 15 is 0 Å². The fraction of sp³-hybridized carbons (Fsp3) is 0.867. The summed E-state index contributed by atoms with van der Waals surface area (Å²) in [5, 5.41) is 0. The SMILES string of the molecule is CCC(=O)OCC(C)OCC(C)OCC(C)OC(=O)CC. The molecular formula is C15H28O6. The minimum absolute atomic E-state index is 0.128. The summed E-state index contributed by atoms with van der Waals surface area (Å²) in [7, 11) is 0. The van der Waals surface area contributed by atoms with Crippen molar-refractivity contribution in [2.24, 2.45) is 0 Å². The molecule has 21 heavy (non-hydrogen) atoms. The zero-order valence-corrected chi connectivity index (χ0v) is 13.7. The Morgan fingerprint density at radius 1 is 0.762 bits per heavy atom. The first-order valence-electron chi connectivity index (χ1n) is 7.47. The number of rotatable bonds is 11. The van der Waals surface area contributed by atoms with Crippen molar-refractivity contribution in [1.82, 2.24) is 0 Å². The van der Waals surface area contributed by atoms with Gasteiger partial charge in [0.1, 0.15) is 12.7 Å². The van der Waals surface area contributed by atoms with E-state index in [2.05, 4.69) is 0 Å². The average molecular weight is 304 g/mol. The summed E-state index contributed by atoms with van der Waals surface area (Å²) in [4.78, 5) is 22.1. The van der Waals surface area contributed by atoms with E-state index in [9.17, 15) is 9.59 Å². The van der Waals surface area contributed by atoms with E-state index in [1.807, 2.05) is 13.8 Å². The molecule has 0 saturated carbocycles. The molecule has 0 aliphatic carbocycles. The minimum atomic E-state index is -0.275. The van der Waals surface area contributed by atoms with Crippen LogP contribution in [0.4, 0.5) is 0 Å². The molecule has 0 saturated heterocycles. The van der Waals surface area contributed by atoms with E-state index in [1.54, 1.807) is 20.8 Å². The maximum absolute atomic E-state index is 11.1. The molecule has 0 bridgehead atoms. The van der Waals surface area contributed by atoms with Gasteiger partial charge in [-0.15, -0.1) is 0 Å². The van der Waals surface area contributed by atoms with Gasteiger partial charge < -0.3 is 18.9 Å². The molecule has 0 fully saturated rings. The molecule has 0 aromatic heterocycles. The Balaban J connectivity index is 3.72. The van der Waals surface area contributed by atoms with E-state index in [0.29, 0.717) is 26.1 Å². The monoisotopic (exact) mass is 304 g/mol. The molecule has 0 aliphatic heterocycles. The van der Waals surface area contributed by atoms with Gasteiger partial charge >= 0.3 is 11.9 Å². The van der Waals surface area contributed by atoms with Crippen LogP contribution in [-0.2, 0) is 28.5 Å². The summed E-state index contributed by atoms with van der Waals surface area (Å²) in [6, 6.07) is 0. The van der Waals surface area contributed by atoms with Crippen molar-refractivity contribution in [2.75, 3.05) is 19.8 Å². The Bertz CT molecular complexity index is 305. The van der Waals surface area contributed by atoms with Crippen molar-refractivity contribution in [3.05, 3.63) is 0 Å². The highest BCUT2D eigenvalue weighted by atomic mass is 16.6. The molecule has 124 valence electrons. The van der Waals surface area contributed by atoms with Crippen LogP contribution in [0.2, 0.25) is 0 Å². The van der Waals surface area contributed by atoms with Gasteiger partial charge in [-0.25, -0.2) is 0 Å². The Hall–Kier alpha value is -1.14. The number of carbonyl (C=O) groups excluding carboxylic acids is 2. The lowest BCUT2D eigenvalue weighted by molar-refractivity contribution is -0.154. The second-order valence-corrected chi connectivity index (χ2v) is 4.98. The lowest BCUT2D eigenvalue weighted by atomic mass is 10.3. The van der Waals surface area contributed by atoms with Crippen LogP contribution in [0.1, 0.15) is 47.5 Å². The minimum Gasteiger partial charge on any atom is -0.463 e. The molecule has 0 aromatic rings. The van der Waals surface area contributed by atoms with E-state index in [1.165, 1.54) is 0 Å². The average Bonchev–Trinajstić information content (AvgIpc) is 2.47. The summed E-state index contributed by atoms with van der Waals surface area (Å²) in [6.07, 6.45) is 0.138. The maximum atomic E-state index is 11.1. The molecule has 3 unspecified atom stereocenters. The quantitative estimate of drug-likeness (QED) is 0.544. The Labute approximate surface area is 127 Å². The second kappa shape index (κ2) is 11.5. The van der Waals surface area contributed by atoms with Gasteiger partial charge in [0.05, 0.1) is 25.4 Å². The summed E-state index contributed by atoms with van der Waals surface area (Å²) >= 11 is 0. The van der Waals surface area contributed by atoms with Gasteiger partial charge in [-0.05, 0) is 20.8 Å². The van der Waals surface area contributed by atoms with E-state index in [-0.39, 0.29) is 36.9 Å². The number of ether oxygens (including phenoxy) is 4. The first-order valence-corrected chi connectivity index (χ1v) is 7.47. The van der Waals surface area contributed by atoms with Crippen LogP contribution >= 0.6 is 0 Å². The predicted molar refractivity (Wildman–Crippen MR) is 77.9 cm³/mol. The maximum Gasteiger partial charge on any atom is 0.305 e. The summed E-state index contributed by atoms with van der Waals surface area (Å²) in [6.45, 7) is 9.95.